The Morgan fingerprint density at radius 2 is 2.15 bits per heavy atom. The molecule has 0 aromatic carbocycles. The average molecular weight is 395 g/mol. The van der Waals surface area contributed by atoms with Crippen LogP contribution in [-0.4, -0.2) is 54.6 Å². The number of nitrogens with one attached hydrogen (secondary N) is 2. The minimum atomic E-state index is 0.595. The van der Waals surface area contributed by atoms with Gasteiger partial charge in [0.05, 0.1) is 0 Å². The van der Waals surface area contributed by atoms with Gasteiger partial charge in [0.2, 0.25) is 0 Å². The van der Waals surface area contributed by atoms with E-state index in [0.717, 1.165) is 36.8 Å². The second kappa shape index (κ2) is 10.6. The number of thiophene rings is 1. The van der Waals surface area contributed by atoms with E-state index in [1.165, 1.54) is 50.1 Å². The van der Waals surface area contributed by atoms with E-state index in [4.69, 9.17) is 4.99 Å². The smallest absolute Gasteiger partial charge is 0.191 e. The third-order valence-corrected chi connectivity index (χ3v) is 7.53. The summed E-state index contributed by atoms with van der Waals surface area (Å²) in [5.41, 5.74) is 0. The number of likely N-dealkylation sites (tertiary alicyclic amines) is 1. The zero-order valence-electron chi connectivity index (χ0n) is 16.2. The highest BCUT2D eigenvalue weighted by Gasteiger charge is 2.25. The number of hydrogen-bond donors (Lipinski definition) is 2. The quantitative estimate of drug-likeness (QED) is 0.545. The lowest BCUT2D eigenvalue weighted by Crippen LogP contribution is -2.43. The molecule has 2 unspecified atom stereocenters. The number of guanidine groups is 1. The van der Waals surface area contributed by atoms with Crippen LogP contribution in [0.25, 0.3) is 0 Å². The fourth-order valence-electron chi connectivity index (χ4n) is 3.97. The van der Waals surface area contributed by atoms with Crippen LogP contribution in [0.3, 0.4) is 0 Å². The molecule has 2 aliphatic rings. The molecule has 2 N–H and O–H groups in total. The maximum Gasteiger partial charge on any atom is 0.191 e. The number of rotatable bonds is 7. The van der Waals surface area contributed by atoms with Crippen molar-refractivity contribution in [1.82, 2.24) is 15.5 Å². The summed E-state index contributed by atoms with van der Waals surface area (Å²) in [6.45, 7) is 7.58. The molecule has 1 aliphatic carbocycles. The largest absolute Gasteiger partial charge is 0.357 e. The molecule has 0 radical (unpaired) electrons. The summed E-state index contributed by atoms with van der Waals surface area (Å²) in [6, 6.07) is 5.00. The zero-order chi connectivity index (χ0) is 18.2. The van der Waals surface area contributed by atoms with Crippen LogP contribution in [0.4, 0.5) is 0 Å². The van der Waals surface area contributed by atoms with Crippen molar-refractivity contribution < 1.29 is 0 Å². The lowest BCUT2D eigenvalue weighted by molar-refractivity contribution is 0.182. The van der Waals surface area contributed by atoms with E-state index < -0.39 is 0 Å². The van der Waals surface area contributed by atoms with Crippen molar-refractivity contribution in [1.29, 1.82) is 0 Å². The third-order valence-electron chi connectivity index (χ3n) is 5.58. The molecular weight excluding hydrogens is 360 g/mol. The van der Waals surface area contributed by atoms with E-state index in [9.17, 15) is 0 Å². The Kier molecular flexibility index (Phi) is 8.14. The van der Waals surface area contributed by atoms with Crippen LogP contribution in [0, 0.1) is 5.92 Å². The SMILES string of the molecule is CCNC(=NCC1CCN(Cc2cccs2)CC1)NC1CCC(SC)C1. The molecule has 1 aromatic rings. The number of aliphatic imine (C=N–C) groups is 1. The molecule has 0 bridgehead atoms. The van der Waals surface area contributed by atoms with Crippen molar-refractivity contribution in [2.45, 2.75) is 56.9 Å². The number of piperidine rings is 1. The second-order valence-corrected chi connectivity index (χ2v) is 9.70. The Hall–Kier alpha value is -0.720. The van der Waals surface area contributed by atoms with Gasteiger partial charge in [0.15, 0.2) is 5.96 Å². The van der Waals surface area contributed by atoms with Crippen molar-refractivity contribution in [2.24, 2.45) is 10.9 Å². The molecule has 2 heterocycles. The van der Waals surface area contributed by atoms with Gasteiger partial charge in [-0.05, 0) is 75.7 Å². The summed E-state index contributed by atoms with van der Waals surface area (Å²) >= 11 is 3.88. The molecule has 4 nitrogen and oxygen atoms in total. The molecule has 0 spiro atoms. The molecule has 6 heteroatoms. The highest BCUT2D eigenvalue weighted by molar-refractivity contribution is 7.99. The van der Waals surface area contributed by atoms with Crippen molar-refractivity contribution in [3.05, 3.63) is 22.4 Å². The summed E-state index contributed by atoms with van der Waals surface area (Å²) in [4.78, 5) is 9.00. The lowest BCUT2D eigenvalue weighted by Gasteiger charge is -2.31. The fourth-order valence-corrected chi connectivity index (χ4v) is 5.51. The van der Waals surface area contributed by atoms with Gasteiger partial charge < -0.3 is 10.6 Å². The standard InChI is InChI=1S/C20H34N4S2/c1-3-21-20(23-17-6-7-18(13-17)25-2)22-14-16-8-10-24(11-9-16)15-19-5-4-12-26-19/h4-5,12,16-18H,3,6-11,13-15H2,1-2H3,(H2,21,22,23). The van der Waals surface area contributed by atoms with Crippen molar-refractivity contribution in [2.75, 3.05) is 32.4 Å². The Bertz CT molecular complexity index is 538. The van der Waals surface area contributed by atoms with Crippen LogP contribution in [0.15, 0.2) is 22.5 Å². The molecular formula is C20H34N4S2. The Morgan fingerprint density at radius 1 is 1.31 bits per heavy atom. The van der Waals surface area contributed by atoms with E-state index in [1.807, 2.05) is 23.1 Å². The summed E-state index contributed by atoms with van der Waals surface area (Å²) in [5.74, 6) is 1.76. The van der Waals surface area contributed by atoms with Gasteiger partial charge in [-0.1, -0.05) is 6.07 Å². The second-order valence-electron chi connectivity index (χ2n) is 7.53. The summed E-state index contributed by atoms with van der Waals surface area (Å²) in [5, 5.41) is 10.1. The predicted molar refractivity (Wildman–Crippen MR) is 116 cm³/mol. The van der Waals surface area contributed by atoms with E-state index >= 15 is 0 Å². The number of thioether (sulfide) groups is 1. The normalized spacial score (nSPS) is 25.5. The number of hydrogen-bond acceptors (Lipinski definition) is 4. The first-order valence-corrected chi connectivity index (χ1v) is 12.3. The van der Waals surface area contributed by atoms with Crippen LogP contribution >= 0.6 is 23.1 Å². The minimum Gasteiger partial charge on any atom is -0.357 e. The molecule has 3 rings (SSSR count). The molecule has 0 amide bonds. The van der Waals surface area contributed by atoms with Gasteiger partial charge in [-0.2, -0.15) is 11.8 Å². The van der Waals surface area contributed by atoms with Crippen molar-refractivity contribution in [3.63, 3.8) is 0 Å². The summed E-state index contributed by atoms with van der Waals surface area (Å²) in [6.07, 6.45) is 8.65. The topological polar surface area (TPSA) is 39.7 Å². The molecule has 26 heavy (non-hydrogen) atoms. The van der Waals surface area contributed by atoms with E-state index in [1.54, 1.807) is 0 Å². The highest BCUT2D eigenvalue weighted by Crippen LogP contribution is 2.28. The maximum absolute atomic E-state index is 4.92. The van der Waals surface area contributed by atoms with Gasteiger partial charge in [-0.15, -0.1) is 11.3 Å². The molecule has 1 aliphatic heterocycles. The van der Waals surface area contributed by atoms with Gasteiger partial charge >= 0.3 is 0 Å². The summed E-state index contributed by atoms with van der Waals surface area (Å²) in [7, 11) is 0. The molecule has 1 aromatic heterocycles. The van der Waals surface area contributed by atoms with Gasteiger partial charge in [0.25, 0.3) is 0 Å². The molecule has 2 atom stereocenters. The summed E-state index contributed by atoms with van der Waals surface area (Å²) < 4.78 is 0. The first-order valence-electron chi connectivity index (χ1n) is 10.1. The molecule has 1 saturated carbocycles. The molecule has 146 valence electrons. The molecule has 1 saturated heterocycles. The van der Waals surface area contributed by atoms with Gasteiger partial charge in [0.1, 0.15) is 0 Å². The van der Waals surface area contributed by atoms with Crippen LogP contribution < -0.4 is 10.6 Å². The lowest BCUT2D eigenvalue weighted by atomic mass is 9.97. The van der Waals surface area contributed by atoms with Gasteiger partial charge in [-0.25, -0.2) is 0 Å². The number of nitrogens with zero attached hydrogens (tertiary/aromatic N) is 2. The first-order chi connectivity index (χ1) is 12.8. The Balaban J connectivity index is 1.41. The van der Waals surface area contributed by atoms with Crippen molar-refractivity contribution in [3.8, 4) is 0 Å². The monoisotopic (exact) mass is 394 g/mol. The minimum absolute atomic E-state index is 0.595. The fraction of sp³-hybridized carbons (Fsp3) is 0.750. The Morgan fingerprint density at radius 3 is 2.81 bits per heavy atom. The highest BCUT2D eigenvalue weighted by atomic mass is 32.2. The Labute approximate surface area is 167 Å². The van der Waals surface area contributed by atoms with E-state index in [2.05, 4.69) is 46.2 Å². The van der Waals surface area contributed by atoms with Gasteiger partial charge in [-0.3, -0.25) is 9.89 Å². The first kappa shape index (κ1) is 20.0. The molecule has 2 fully saturated rings. The van der Waals surface area contributed by atoms with Gasteiger partial charge in [0, 0.05) is 35.8 Å². The van der Waals surface area contributed by atoms with Crippen LogP contribution in [0.5, 0.6) is 0 Å². The van der Waals surface area contributed by atoms with Crippen molar-refractivity contribution >= 4 is 29.1 Å². The average Bonchev–Trinajstić information content (AvgIpc) is 3.33. The third kappa shape index (κ3) is 6.17. The van der Waals surface area contributed by atoms with Crippen LogP contribution in [0.1, 0.15) is 43.9 Å². The predicted octanol–water partition coefficient (Wildman–Crippen LogP) is 3.80. The zero-order valence-corrected chi connectivity index (χ0v) is 17.9. The van der Waals surface area contributed by atoms with Crippen LogP contribution in [-0.2, 0) is 6.54 Å². The van der Waals surface area contributed by atoms with Crippen LogP contribution in [0.2, 0.25) is 0 Å². The maximum atomic E-state index is 4.92. The van der Waals surface area contributed by atoms with E-state index in [0.29, 0.717) is 6.04 Å². The van der Waals surface area contributed by atoms with E-state index in [-0.39, 0.29) is 0 Å².